The Labute approximate surface area is 148 Å². The van der Waals surface area contributed by atoms with Gasteiger partial charge in [-0.2, -0.15) is 0 Å². The van der Waals surface area contributed by atoms with E-state index in [1.165, 1.54) is 0 Å². The first-order valence-corrected chi connectivity index (χ1v) is 8.85. The standard InChI is InChI=1S/C21H25NO3/c23-16-21(25)11-4-13-22(14-12-21)20(24)15-17-7-9-19(10-8-17)18-5-2-1-3-6-18/h1-3,5-10,23,25H,4,11-16H2/t21-/m0/s1. The van der Waals surface area contributed by atoms with Crippen molar-refractivity contribution in [1.82, 2.24) is 4.90 Å². The minimum absolute atomic E-state index is 0.0784. The first-order chi connectivity index (χ1) is 12.1. The molecule has 2 aromatic carbocycles. The second kappa shape index (κ2) is 7.81. The SMILES string of the molecule is O=C(Cc1ccc(-c2ccccc2)cc1)N1CCC[C@@](O)(CO)CC1. The summed E-state index contributed by atoms with van der Waals surface area (Å²) < 4.78 is 0. The number of aliphatic hydroxyl groups is 2. The molecule has 0 saturated carbocycles. The summed E-state index contributed by atoms with van der Waals surface area (Å²) in [4.78, 5) is 14.4. The number of aliphatic hydroxyl groups excluding tert-OH is 1. The molecule has 3 rings (SSSR count). The fourth-order valence-electron chi connectivity index (χ4n) is 3.32. The van der Waals surface area contributed by atoms with Gasteiger partial charge in [0.2, 0.25) is 5.91 Å². The van der Waals surface area contributed by atoms with Crippen molar-refractivity contribution in [1.29, 1.82) is 0 Å². The average molecular weight is 339 g/mol. The Morgan fingerprint density at radius 2 is 1.64 bits per heavy atom. The molecule has 0 aliphatic carbocycles. The Bertz CT molecular complexity index is 699. The van der Waals surface area contributed by atoms with E-state index in [-0.39, 0.29) is 12.5 Å². The van der Waals surface area contributed by atoms with Crippen LogP contribution in [0.15, 0.2) is 54.6 Å². The van der Waals surface area contributed by atoms with E-state index in [2.05, 4.69) is 12.1 Å². The van der Waals surface area contributed by atoms with Gasteiger partial charge in [0.05, 0.1) is 18.6 Å². The fraction of sp³-hybridized carbons (Fsp3) is 0.381. The molecule has 4 nitrogen and oxygen atoms in total. The zero-order valence-electron chi connectivity index (χ0n) is 14.4. The minimum Gasteiger partial charge on any atom is -0.393 e. The van der Waals surface area contributed by atoms with E-state index in [1.807, 2.05) is 42.5 Å². The van der Waals surface area contributed by atoms with E-state index in [4.69, 9.17) is 0 Å². The fourth-order valence-corrected chi connectivity index (χ4v) is 3.32. The Hall–Kier alpha value is -2.17. The second-order valence-electron chi connectivity index (χ2n) is 6.86. The number of carbonyl (C=O) groups is 1. The van der Waals surface area contributed by atoms with Gasteiger partial charge in [-0.05, 0) is 36.0 Å². The number of hydrogen-bond donors (Lipinski definition) is 2. The maximum Gasteiger partial charge on any atom is 0.226 e. The van der Waals surface area contributed by atoms with Crippen molar-refractivity contribution in [2.75, 3.05) is 19.7 Å². The molecule has 2 aromatic rings. The van der Waals surface area contributed by atoms with Crippen LogP contribution in [0.25, 0.3) is 11.1 Å². The van der Waals surface area contributed by atoms with E-state index >= 15 is 0 Å². The maximum absolute atomic E-state index is 12.6. The monoisotopic (exact) mass is 339 g/mol. The number of carbonyl (C=O) groups excluding carboxylic acids is 1. The smallest absolute Gasteiger partial charge is 0.226 e. The third-order valence-electron chi connectivity index (χ3n) is 4.98. The molecular weight excluding hydrogens is 314 g/mol. The molecule has 1 atom stereocenters. The quantitative estimate of drug-likeness (QED) is 0.900. The number of amides is 1. The highest BCUT2D eigenvalue weighted by molar-refractivity contribution is 5.79. The van der Waals surface area contributed by atoms with Gasteiger partial charge in [0.25, 0.3) is 0 Å². The number of hydrogen-bond acceptors (Lipinski definition) is 3. The molecule has 1 amide bonds. The lowest BCUT2D eigenvalue weighted by atomic mass is 9.96. The Kier molecular flexibility index (Phi) is 5.51. The van der Waals surface area contributed by atoms with Gasteiger partial charge in [-0.1, -0.05) is 54.6 Å². The van der Waals surface area contributed by atoms with Crippen molar-refractivity contribution in [3.8, 4) is 11.1 Å². The lowest BCUT2D eigenvalue weighted by Crippen LogP contribution is -2.37. The molecule has 0 radical (unpaired) electrons. The number of rotatable bonds is 4. The average Bonchev–Trinajstić information content (AvgIpc) is 2.85. The molecule has 1 fully saturated rings. The summed E-state index contributed by atoms with van der Waals surface area (Å²) >= 11 is 0. The number of likely N-dealkylation sites (tertiary alicyclic amines) is 1. The molecule has 132 valence electrons. The van der Waals surface area contributed by atoms with Crippen LogP contribution in [0, 0.1) is 0 Å². The largest absolute Gasteiger partial charge is 0.393 e. The third-order valence-corrected chi connectivity index (χ3v) is 4.98. The summed E-state index contributed by atoms with van der Waals surface area (Å²) in [6.07, 6.45) is 2.06. The summed E-state index contributed by atoms with van der Waals surface area (Å²) in [5.74, 6) is 0.0784. The van der Waals surface area contributed by atoms with Crippen LogP contribution in [0.1, 0.15) is 24.8 Å². The van der Waals surface area contributed by atoms with Crippen LogP contribution >= 0.6 is 0 Å². The van der Waals surface area contributed by atoms with Gasteiger partial charge in [0.15, 0.2) is 0 Å². The van der Waals surface area contributed by atoms with Crippen LogP contribution in [-0.4, -0.2) is 46.3 Å². The Balaban J connectivity index is 1.61. The van der Waals surface area contributed by atoms with Crippen LogP contribution in [0.2, 0.25) is 0 Å². The van der Waals surface area contributed by atoms with Crippen LogP contribution < -0.4 is 0 Å². The van der Waals surface area contributed by atoms with Crippen molar-refractivity contribution < 1.29 is 15.0 Å². The predicted octanol–water partition coefficient (Wildman–Crippen LogP) is 2.63. The zero-order chi connectivity index (χ0) is 17.7. The van der Waals surface area contributed by atoms with Crippen molar-refractivity contribution >= 4 is 5.91 Å². The van der Waals surface area contributed by atoms with Gasteiger partial charge in [-0.15, -0.1) is 0 Å². The van der Waals surface area contributed by atoms with Gasteiger partial charge >= 0.3 is 0 Å². The summed E-state index contributed by atoms with van der Waals surface area (Å²) in [7, 11) is 0. The zero-order valence-corrected chi connectivity index (χ0v) is 14.4. The topological polar surface area (TPSA) is 60.8 Å². The first-order valence-electron chi connectivity index (χ1n) is 8.85. The lowest BCUT2D eigenvalue weighted by molar-refractivity contribution is -0.130. The normalized spacial score (nSPS) is 21.0. The van der Waals surface area contributed by atoms with Crippen molar-refractivity contribution in [2.45, 2.75) is 31.3 Å². The highest BCUT2D eigenvalue weighted by atomic mass is 16.3. The van der Waals surface area contributed by atoms with Gasteiger partial charge in [-0.25, -0.2) is 0 Å². The molecule has 1 saturated heterocycles. The van der Waals surface area contributed by atoms with E-state index in [0.717, 1.165) is 23.1 Å². The van der Waals surface area contributed by atoms with Crippen LogP contribution in [0.3, 0.4) is 0 Å². The molecule has 0 aromatic heterocycles. The molecular formula is C21H25NO3. The van der Waals surface area contributed by atoms with Crippen molar-refractivity contribution in [3.05, 3.63) is 60.2 Å². The highest BCUT2D eigenvalue weighted by Crippen LogP contribution is 2.23. The van der Waals surface area contributed by atoms with Crippen molar-refractivity contribution in [2.24, 2.45) is 0 Å². The van der Waals surface area contributed by atoms with Crippen molar-refractivity contribution in [3.63, 3.8) is 0 Å². The van der Waals surface area contributed by atoms with Gasteiger partial charge in [-0.3, -0.25) is 4.79 Å². The summed E-state index contributed by atoms with van der Waals surface area (Å²) in [6.45, 7) is 0.900. The first kappa shape index (κ1) is 17.6. The highest BCUT2D eigenvalue weighted by Gasteiger charge is 2.30. The van der Waals surface area contributed by atoms with Crippen LogP contribution in [-0.2, 0) is 11.2 Å². The summed E-state index contributed by atoms with van der Waals surface area (Å²) in [6, 6.07) is 18.3. The Morgan fingerprint density at radius 3 is 2.32 bits per heavy atom. The molecule has 1 aliphatic rings. The lowest BCUT2D eigenvalue weighted by Gasteiger charge is -2.24. The summed E-state index contributed by atoms with van der Waals surface area (Å²) in [5, 5.41) is 19.5. The molecule has 0 spiro atoms. The van der Waals surface area contributed by atoms with E-state index in [1.54, 1.807) is 4.90 Å². The van der Waals surface area contributed by atoms with Crippen LogP contribution in [0.5, 0.6) is 0 Å². The van der Waals surface area contributed by atoms with E-state index in [0.29, 0.717) is 32.4 Å². The molecule has 0 bridgehead atoms. The van der Waals surface area contributed by atoms with Gasteiger partial charge in [0, 0.05) is 13.1 Å². The Morgan fingerprint density at radius 1 is 0.960 bits per heavy atom. The van der Waals surface area contributed by atoms with E-state index < -0.39 is 5.60 Å². The molecule has 4 heteroatoms. The molecule has 0 unspecified atom stereocenters. The third kappa shape index (κ3) is 4.47. The maximum atomic E-state index is 12.6. The van der Waals surface area contributed by atoms with Gasteiger partial charge in [0.1, 0.15) is 0 Å². The molecule has 1 heterocycles. The number of benzene rings is 2. The van der Waals surface area contributed by atoms with E-state index in [9.17, 15) is 15.0 Å². The number of nitrogens with zero attached hydrogens (tertiary/aromatic N) is 1. The van der Waals surface area contributed by atoms with Crippen LogP contribution in [0.4, 0.5) is 0 Å². The minimum atomic E-state index is -1.04. The summed E-state index contributed by atoms with van der Waals surface area (Å²) in [5.41, 5.74) is 2.26. The second-order valence-corrected chi connectivity index (χ2v) is 6.86. The predicted molar refractivity (Wildman–Crippen MR) is 98.0 cm³/mol. The van der Waals surface area contributed by atoms with Gasteiger partial charge < -0.3 is 15.1 Å². The molecule has 25 heavy (non-hydrogen) atoms. The molecule has 2 N–H and O–H groups in total. The molecule has 1 aliphatic heterocycles.